The first-order chi connectivity index (χ1) is 12.8. The third-order valence-electron chi connectivity index (χ3n) is 5.31. The fourth-order valence-electron chi connectivity index (χ4n) is 3.43. The number of carboxylic acids is 1. The van der Waals surface area contributed by atoms with E-state index in [-0.39, 0.29) is 17.5 Å². The van der Waals surface area contributed by atoms with Crippen molar-refractivity contribution < 1.29 is 23.1 Å². The highest BCUT2D eigenvalue weighted by molar-refractivity contribution is 7.89. The minimum absolute atomic E-state index is 0.182. The van der Waals surface area contributed by atoms with Crippen molar-refractivity contribution in [2.75, 3.05) is 31.5 Å². The van der Waals surface area contributed by atoms with Crippen LogP contribution in [-0.4, -0.2) is 60.9 Å². The van der Waals surface area contributed by atoms with Crippen LogP contribution in [0.5, 0.6) is 0 Å². The van der Waals surface area contributed by atoms with E-state index in [0.717, 1.165) is 12.8 Å². The summed E-state index contributed by atoms with van der Waals surface area (Å²) in [5, 5.41) is 11.7. The van der Waals surface area contributed by atoms with Gasteiger partial charge in [-0.1, -0.05) is 6.92 Å². The number of aliphatic carboxylic acids is 1. The summed E-state index contributed by atoms with van der Waals surface area (Å²) in [6.07, 6.45) is 2.16. The van der Waals surface area contributed by atoms with Crippen molar-refractivity contribution >= 4 is 27.7 Å². The molecule has 9 heteroatoms. The molecule has 2 fully saturated rings. The number of carboxylic acid groups (broad SMARTS) is 1. The SMILES string of the molecule is CC1CCN(S(=O)(=O)c2ccc(NC(=O)N3CCC(C(=O)O)C3)cc2)CC1. The predicted molar refractivity (Wildman–Crippen MR) is 99.9 cm³/mol. The molecule has 0 saturated carbocycles. The Morgan fingerprint density at radius 2 is 1.70 bits per heavy atom. The van der Waals surface area contributed by atoms with E-state index in [1.54, 1.807) is 12.1 Å². The minimum atomic E-state index is -3.52. The van der Waals surface area contributed by atoms with Gasteiger partial charge in [0, 0.05) is 31.9 Å². The average molecular weight is 395 g/mol. The van der Waals surface area contributed by atoms with Crippen molar-refractivity contribution in [1.29, 1.82) is 0 Å². The Kier molecular flexibility index (Phi) is 5.71. The number of anilines is 1. The molecule has 0 aliphatic carbocycles. The van der Waals surface area contributed by atoms with Crippen LogP contribution in [0.4, 0.5) is 10.5 Å². The van der Waals surface area contributed by atoms with E-state index >= 15 is 0 Å². The number of hydrogen-bond acceptors (Lipinski definition) is 4. The summed E-state index contributed by atoms with van der Waals surface area (Å²) in [6, 6.07) is 5.73. The second kappa shape index (κ2) is 7.85. The Bertz CT molecular complexity index is 801. The molecule has 0 bridgehead atoms. The quantitative estimate of drug-likeness (QED) is 0.811. The zero-order chi connectivity index (χ0) is 19.6. The monoisotopic (exact) mass is 395 g/mol. The number of urea groups is 1. The van der Waals surface area contributed by atoms with E-state index in [4.69, 9.17) is 5.11 Å². The molecule has 2 heterocycles. The summed E-state index contributed by atoms with van der Waals surface area (Å²) in [7, 11) is -3.52. The highest BCUT2D eigenvalue weighted by Crippen LogP contribution is 2.24. The van der Waals surface area contributed by atoms with Gasteiger partial charge >= 0.3 is 12.0 Å². The van der Waals surface area contributed by atoms with Crippen molar-refractivity contribution in [1.82, 2.24) is 9.21 Å². The topological polar surface area (TPSA) is 107 Å². The van der Waals surface area contributed by atoms with Crippen molar-refractivity contribution in [3.8, 4) is 0 Å². The first-order valence-corrected chi connectivity index (χ1v) is 10.6. The first kappa shape index (κ1) is 19.6. The Hall–Kier alpha value is -2.13. The van der Waals surface area contributed by atoms with Gasteiger partial charge in [0.2, 0.25) is 10.0 Å². The lowest BCUT2D eigenvalue weighted by Gasteiger charge is -2.29. The van der Waals surface area contributed by atoms with E-state index in [1.807, 2.05) is 0 Å². The third-order valence-corrected chi connectivity index (χ3v) is 7.22. The normalized spacial score (nSPS) is 22.0. The van der Waals surface area contributed by atoms with Gasteiger partial charge < -0.3 is 15.3 Å². The summed E-state index contributed by atoms with van der Waals surface area (Å²) in [5.74, 6) is -0.886. The first-order valence-electron chi connectivity index (χ1n) is 9.16. The molecule has 2 aliphatic rings. The number of sulfonamides is 1. The number of likely N-dealkylation sites (tertiary alicyclic amines) is 1. The van der Waals surface area contributed by atoms with Gasteiger partial charge in [0.15, 0.2) is 0 Å². The zero-order valence-corrected chi connectivity index (χ0v) is 16.1. The van der Waals surface area contributed by atoms with E-state index in [1.165, 1.54) is 21.3 Å². The van der Waals surface area contributed by atoms with Gasteiger partial charge in [0.25, 0.3) is 0 Å². The molecule has 3 rings (SSSR count). The number of piperidine rings is 1. The van der Waals surface area contributed by atoms with E-state index in [0.29, 0.717) is 37.7 Å². The number of carbonyl (C=O) groups is 2. The van der Waals surface area contributed by atoms with Crippen molar-refractivity contribution in [3.05, 3.63) is 24.3 Å². The molecule has 1 aromatic rings. The van der Waals surface area contributed by atoms with Crippen LogP contribution in [0.2, 0.25) is 0 Å². The maximum atomic E-state index is 12.7. The molecule has 1 atom stereocenters. The molecule has 1 unspecified atom stereocenters. The van der Waals surface area contributed by atoms with Crippen LogP contribution in [-0.2, 0) is 14.8 Å². The highest BCUT2D eigenvalue weighted by atomic mass is 32.2. The van der Waals surface area contributed by atoms with Gasteiger partial charge in [0.1, 0.15) is 0 Å². The lowest BCUT2D eigenvalue weighted by atomic mass is 10.0. The third kappa shape index (κ3) is 4.41. The predicted octanol–water partition coefficient (Wildman–Crippen LogP) is 2.05. The summed E-state index contributed by atoms with van der Waals surface area (Å²) in [6.45, 7) is 3.76. The summed E-state index contributed by atoms with van der Waals surface area (Å²) < 4.78 is 26.9. The van der Waals surface area contributed by atoms with Crippen molar-refractivity contribution in [2.45, 2.75) is 31.1 Å². The fourth-order valence-corrected chi connectivity index (χ4v) is 4.90. The zero-order valence-electron chi connectivity index (χ0n) is 15.3. The molecule has 2 saturated heterocycles. The molecule has 8 nitrogen and oxygen atoms in total. The van der Waals surface area contributed by atoms with Crippen LogP contribution >= 0.6 is 0 Å². The molecule has 148 valence electrons. The number of hydrogen-bond donors (Lipinski definition) is 2. The Morgan fingerprint density at radius 3 is 2.26 bits per heavy atom. The van der Waals surface area contributed by atoms with Crippen LogP contribution in [0.1, 0.15) is 26.2 Å². The number of rotatable bonds is 4. The van der Waals surface area contributed by atoms with Crippen LogP contribution < -0.4 is 5.32 Å². The molecule has 2 aliphatic heterocycles. The van der Waals surface area contributed by atoms with E-state index in [2.05, 4.69) is 12.2 Å². The molecule has 0 radical (unpaired) electrons. The van der Waals surface area contributed by atoms with E-state index < -0.39 is 21.9 Å². The smallest absolute Gasteiger partial charge is 0.321 e. The lowest BCUT2D eigenvalue weighted by molar-refractivity contribution is -0.141. The molecular weight excluding hydrogens is 370 g/mol. The fraction of sp³-hybridized carbons (Fsp3) is 0.556. The number of nitrogens with zero attached hydrogens (tertiary/aromatic N) is 2. The molecular formula is C18H25N3O5S. The van der Waals surface area contributed by atoms with Gasteiger partial charge in [-0.2, -0.15) is 4.31 Å². The number of amides is 2. The van der Waals surface area contributed by atoms with Crippen LogP contribution in [0, 0.1) is 11.8 Å². The standard InChI is InChI=1S/C18H25N3O5S/c1-13-6-10-21(11-7-13)27(25,26)16-4-2-15(3-5-16)19-18(24)20-9-8-14(12-20)17(22)23/h2-5,13-14H,6-12H2,1H3,(H,19,24)(H,22,23). The van der Waals surface area contributed by atoms with Crippen molar-refractivity contribution in [3.63, 3.8) is 0 Å². The van der Waals surface area contributed by atoms with Gasteiger partial charge in [0.05, 0.1) is 10.8 Å². The summed E-state index contributed by atoms with van der Waals surface area (Å²) in [5.41, 5.74) is 0.477. The number of benzene rings is 1. The average Bonchev–Trinajstić information content (AvgIpc) is 3.13. The van der Waals surface area contributed by atoms with Gasteiger partial charge in [-0.25, -0.2) is 13.2 Å². The Balaban J connectivity index is 1.62. The van der Waals surface area contributed by atoms with Crippen LogP contribution in [0.25, 0.3) is 0 Å². The molecule has 2 N–H and O–H groups in total. The molecule has 0 aromatic heterocycles. The second-order valence-corrected chi connectivity index (χ2v) is 9.25. The molecule has 27 heavy (non-hydrogen) atoms. The molecule has 2 amide bonds. The van der Waals surface area contributed by atoms with Crippen LogP contribution in [0.3, 0.4) is 0 Å². The Morgan fingerprint density at radius 1 is 1.07 bits per heavy atom. The number of nitrogens with one attached hydrogen (secondary N) is 1. The second-order valence-electron chi connectivity index (χ2n) is 7.31. The highest BCUT2D eigenvalue weighted by Gasteiger charge is 2.31. The molecule has 0 spiro atoms. The minimum Gasteiger partial charge on any atom is -0.481 e. The van der Waals surface area contributed by atoms with Crippen molar-refractivity contribution in [2.24, 2.45) is 11.8 Å². The lowest BCUT2D eigenvalue weighted by Crippen LogP contribution is -2.37. The maximum absolute atomic E-state index is 12.7. The van der Waals surface area contributed by atoms with E-state index in [9.17, 15) is 18.0 Å². The Labute approximate surface area is 159 Å². The van der Waals surface area contributed by atoms with Gasteiger partial charge in [-0.3, -0.25) is 4.79 Å². The van der Waals surface area contributed by atoms with Gasteiger partial charge in [-0.15, -0.1) is 0 Å². The summed E-state index contributed by atoms with van der Waals surface area (Å²) in [4.78, 5) is 24.9. The largest absolute Gasteiger partial charge is 0.481 e. The van der Waals surface area contributed by atoms with Crippen LogP contribution in [0.15, 0.2) is 29.2 Å². The molecule has 1 aromatic carbocycles. The van der Waals surface area contributed by atoms with Gasteiger partial charge in [-0.05, 0) is 49.4 Å². The maximum Gasteiger partial charge on any atom is 0.321 e. The number of carbonyl (C=O) groups excluding carboxylic acids is 1. The summed E-state index contributed by atoms with van der Waals surface area (Å²) >= 11 is 0.